The summed E-state index contributed by atoms with van der Waals surface area (Å²) in [7, 11) is 3.48. The number of carbonyl (C=O) groups excluding carboxylic acids is 1. The average Bonchev–Trinajstić information content (AvgIpc) is 2.27. The molecule has 5 nitrogen and oxygen atoms in total. The fourth-order valence-corrected chi connectivity index (χ4v) is 1.20. The minimum atomic E-state index is -0.333. The Balaban J connectivity index is 3.75. The summed E-state index contributed by atoms with van der Waals surface area (Å²) in [6.45, 7) is 5.95. The molecule has 0 aromatic rings. The molecule has 0 aromatic carbocycles. The topological polar surface area (TPSA) is 65.4 Å². The summed E-state index contributed by atoms with van der Waals surface area (Å²) in [4.78, 5) is 13.4. The van der Waals surface area contributed by atoms with Crippen molar-refractivity contribution in [1.29, 1.82) is 5.26 Å². The number of amides is 1. The highest BCUT2D eigenvalue weighted by atomic mass is 16.5. The van der Waals surface area contributed by atoms with Crippen molar-refractivity contribution in [2.75, 3.05) is 40.4 Å². The van der Waals surface area contributed by atoms with E-state index < -0.39 is 0 Å². The van der Waals surface area contributed by atoms with Gasteiger partial charge in [-0.25, -0.2) is 0 Å². The number of hydrogen-bond donors (Lipinski definition) is 1. The van der Waals surface area contributed by atoms with Gasteiger partial charge in [-0.05, 0) is 33.9 Å². The fraction of sp³-hybridized carbons (Fsp3) is 0.833. The summed E-state index contributed by atoms with van der Waals surface area (Å²) >= 11 is 0. The molecule has 0 spiro atoms. The Bertz CT molecular complexity index is 271. The summed E-state index contributed by atoms with van der Waals surface area (Å²) in [6.07, 6.45) is 0.755. The zero-order valence-electron chi connectivity index (χ0n) is 11.2. The SMILES string of the molecule is COCCNC(=O)CN(C)CCC(C)(C)C#N. The Kier molecular flexibility index (Phi) is 7.51. The van der Waals surface area contributed by atoms with E-state index in [2.05, 4.69) is 11.4 Å². The van der Waals surface area contributed by atoms with E-state index >= 15 is 0 Å². The predicted molar refractivity (Wildman–Crippen MR) is 66.4 cm³/mol. The van der Waals surface area contributed by atoms with Gasteiger partial charge in [0.15, 0.2) is 0 Å². The van der Waals surface area contributed by atoms with E-state index in [-0.39, 0.29) is 11.3 Å². The van der Waals surface area contributed by atoms with Gasteiger partial charge >= 0.3 is 0 Å². The second-order valence-electron chi connectivity index (χ2n) is 4.83. The second kappa shape index (κ2) is 8.04. The van der Waals surface area contributed by atoms with E-state index in [4.69, 9.17) is 10.00 Å². The first-order valence-corrected chi connectivity index (χ1v) is 5.76. The summed E-state index contributed by atoms with van der Waals surface area (Å²) < 4.78 is 4.84. The van der Waals surface area contributed by atoms with Gasteiger partial charge < -0.3 is 10.1 Å². The third-order valence-electron chi connectivity index (χ3n) is 2.46. The first-order chi connectivity index (χ1) is 7.91. The normalized spacial score (nSPS) is 11.3. The van der Waals surface area contributed by atoms with Crippen molar-refractivity contribution < 1.29 is 9.53 Å². The van der Waals surface area contributed by atoms with Gasteiger partial charge in [-0.1, -0.05) is 0 Å². The molecule has 0 saturated carbocycles. The highest BCUT2D eigenvalue weighted by Crippen LogP contribution is 2.18. The smallest absolute Gasteiger partial charge is 0.234 e. The maximum absolute atomic E-state index is 11.4. The van der Waals surface area contributed by atoms with Crippen molar-refractivity contribution in [3.8, 4) is 6.07 Å². The van der Waals surface area contributed by atoms with Gasteiger partial charge in [0.2, 0.25) is 5.91 Å². The fourth-order valence-electron chi connectivity index (χ4n) is 1.20. The van der Waals surface area contributed by atoms with Crippen molar-refractivity contribution >= 4 is 5.91 Å². The monoisotopic (exact) mass is 241 g/mol. The lowest BCUT2D eigenvalue weighted by atomic mass is 9.91. The molecule has 0 heterocycles. The number of hydrogen-bond acceptors (Lipinski definition) is 4. The quantitative estimate of drug-likeness (QED) is 0.633. The Labute approximate surface area is 104 Å². The number of likely N-dealkylation sites (N-methyl/N-ethyl adjacent to an activating group) is 1. The molecule has 5 heteroatoms. The number of ether oxygens (including phenoxy) is 1. The molecule has 17 heavy (non-hydrogen) atoms. The molecule has 0 aromatic heterocycles. The Morgan fingerprint density at radius 3 is 2.71 bits per heavy atom. The number of nitriles is 1. The Morgan fingerprint density at radius 2 is 2.18 bits per heavy atom. The Hall–Kier alpha value is -1.12. The van der Waals surface area contributed by atoms with Gasteiger partial charge in [0.05, 0.1) is 24.6 Å². The van der Waals surface area contributed by atoms with Crippen LogP contribution in [0.2, 0.25) is 0 Å². The standard InChI is InChI=1S/C12H23N3O2/c1-12(2,10-13)5-7-15(3)9-11(16)14-6-8-17-4/h5-9H2,1-4H3,(H,14,16). The highest BCUT2D eigenvalue weighted by Gasteiger charge is 2.17. The van der Waals surface area contributed by atoms with Gasteiger partial charge in [0.25, 0.3) is 0 Å². The number of carbonyl (C=O) groups is 1. The molecule has 0 aliphatic heterocycles. The lowest BCUT2D eigenvalue weighted by molar-refractivity contribution is -0.122. The number of methoxy groups -OCH3 is 1. The summed E-state index contributed by atoms with van der Waals surface area (Å²) in [5.41, 5.74) is -0.333. The largest absolute Gasteiger partial charge is 0.383 e. The molecule has 0 aliphatic rings. The van der Waals surface area contributed by atoms with Crippen molar-refractivity contribution in [3.05, 3.63) is 0 Å². The first-order valence-electron chi connectivity index (χ1n) is 5.76. The van der Waals surface area contributed by atoms with Gasteiger partial charge in [-0.3, -0.25) is 9.69 Å². The zero-order valence-corrected chi connectivity index (χ0v) is 11.2. The van der Waals surface area contributed by atoms with Gasteiger partial charge in [0.1, 0.15) is 0 Å². The average molecular weight is 241 g/mol. The second-order valence-corrected chi connectivity index (χ2v) is 4.83. The van der Waals surface area contributed by atoms with E-state index in [1.807, 2.05) is 25.8 Å². The molecule has 0 atom stereocenters. The first kappa shape index (κ1) is 15.9. The van der Waals surface area contributed by atoms with Crippen LogP contribution in [0.3, 0.4) is 0 Å². The van der Waals surface area contributed by atoms with Crippen LogP contribution < -0.4 is 5.32 Å². The lowest BCUT2D eigenvalue weighted by Crippen LogP contribution is -2.37. The molecule has 0 radical (unpaired) electrons. The van der Waals surface area contributed by atoms with Crippen LogP contribution >= 0.6 is 0 Å². The predicted octanol–water partition coefficient (Wildman–Crippen LogP) is 0.621. The van der Waals surface area contributed by atoms with Crippen LogP contribution in [0.15, 0.2) is 0 Å². The molecule has 1 amide bonds. The molecule has 0 unspecified atom stereocenters. The third kappa shape index (κ3) is 8.66. The van der Waals surface area contributed by atoms with Crippen LogP contribution in [0.5, 0.6) is 0 Å². The van der Waals surface area contributed by atoms with Crippen LogP contribution in [0.25, 0.3) is 0 Å². The van der Waals surface area contributed by atoms with E-state index in [1.54, 1.807) is 7.11 Å². The Morgan fingerprint density at radius 1 is 1.53 bits per heavy atom. The van der Waals surface area contributed by atoms with Crippen molar-refractivity contribution in [2.24, 2.45) is 5.41 Å². The van der Waals surface area contributed by atoms with E-state index in [1.165, 1.54) is 0 Å². The number of nitrogens with one attached hydrogen (secondary N) is 1. The molecule has 0 saturated heterocycles. The van der Waals surface area contributed by atoms with E-state index in [0.717, 1.165) is 13.0 Å². The van der Waals surface area contributed by atoms with Crippen LogP contribution in [-0.2, 0) is 9.53 Å². The van der Waals surface area contributed by atoms with E-state index in [0.29, 0.717) is 19.7 Å². The van der Waals surface area contributed by atoms with E-state index in [9.17, 15) is 4.79 Å². The maximum atomic E-state index is 11.4. The highest BCUT2D eigenvalue weighted by molar-refractivity contribution is 5.77. The van der Waals surface area contributed by atoms with Crippen LogP contribution in [-0.4, -0.2) is 51.2 Å². The van der Waals surface area contributed by atoms with Gasteiger partial charge in [-0.2, -0.15) is 5.26 Å². The minimum Gasteiger partial charge on any atom is -0.383 e. The maximum Gasteiger partial charge on any atom is 0.234 e. The summed E-state index contributed by atoms with van der Waals surface area (Å²) in [5.74, 6) is -0.0145. The molecule has 0 bridgehead atoms. The van der Waals surface area contributed by atoms with Crippen molar-refractivity contribution in [3.63, 3.8) is 0 Å². The van der Waals surface area contributed by atoms with Crippen LogP contribution in [0.1, 0.15) is 20.3 Å². The lowest BCUT2D eigenvalue weighted by Gasteiger charge is -2.21. The van der Waals surface area contributed by atoms with Crippen molar-refractivity contribution in [1.82, 2.24) is 10.2 Å². The molecular formula is C12H23N3O2. The summed E-state index contributed by atoms with van der Waals surface area (Å²) in [6, 6.07) is 2.25. The van der Waals surface area contributed by atoms with Gasteiger partial charge in [-0.15, -0.1) is 0 Å². The third-order valence-corrected chi connectivity index (χ3v) is 2.46. The molecule has 1 N–H and O–H groups in total. The molecule has 0 aliphatic carbocycles. The van der Waals surface area contributed by atoms with Crippen molar-refractivity contribution in [2.45, 2.75) is 20.3 Å². The van der Waals surface area contributed by atoms with Gasteiger partial charge in [0, 0.05) is 13.7 Å². The molecule has 0 rings (SSSR count). The van der Waals surface area contributed by atoms with Crippen LogP contribution in [0, 0.1) is 16.7 Å². The molecule has 0 fully saturated rings. The minimum absolute atomic E-state index is 0.0145. The molecule has 98 valence electrons. The van der Waals surface area contributed by atoms with Crippen LogP contribution in [0.4, 0.5) is 0 Å². The zero-order chi connectivity index (χ0) is 13.3. The molecular weight excluding hydrogens is 218 g/mol. The number of rotatable bonds is 8. The number of nitrogens with zero attached hydrogens (tertiary/aromatic N) is 2. The summed E-state index contributed by atoms with van der Waals surface area (Å²) in [5, 5.41) is 11.6.